The fraction of sp³-hybridized carbons (Fsp3) is 0.842. The van der Waals surface area contributed by atoms with E-state index in [2.05, 4.69) is 29.2 Å². The highest BCUT2D eigenvalue weighted by Gasteiger charge is 2.34. The van der Waals surface area contributed by atoms with Gasteiger partial charge in [-0.15, -0.1) is 0 Å². The molecule has 0 unspecified atom stereocenters. The van der Waals surface area contributed by atoms with Crippen LogP contribution in [-0.4, -0.2) is 54.1 Å². The van der Waals surface area contributed by atoms with E-state index in [0.29, 0.717) is 5.41 Å². The predicted octanol–water partition coefficient (Wildman–Crippen LogP) is 2.41. The predicted molar refractivity (Wildman–Crippen MR) is 97.2 cm³/mol. The van der Waals surface area contributed by atoms with Crippen molar-refractivity contribution in [2.24, 2.45) is 12.5 Å². The van der Waals surface area contributed by atoms with E-state index in [-0.39, 0.29) is 0 Å². The smallest absolute Gasteiger partial charge is 0.0641 e. The van der Waals surface area contributed by atoms with Crippen molar-refractivity contribution in [2.45, 2.75) is 52.5 Å². The van der Waals surface area contributed by atoms with Crippen LogP contribution in [0.25, 0.3) is 0 Å². The van der Waals surface area contributed by atoms with Crippen LogP contribution in [0, 0.1) is 19.3 Å². The van der Waals surface area contributed by atoms with Crippen LogP contribution in [0.15, 0.2) is 0 Å². The molecule has 0 radical (unpaired) electrons. The normalized spacial score (nSPS) is 22.0. The Bertz CT molecular complexity index is 528. The molecule has 2 aliphatic rings. The van der Waals surface area contributed by atoms with E-state index < -0.39 is 0 Å². The molecular formula is C19H34N4O. The Balaban J connectivity index is 1.59. The number of morpholine rings is 1. The second kappa shape index (κ2) is 7.98. The number of ether oxygens (including phenoxy) is 1. The number of rotatable bonds is 6. The van der Waals surface area contributed by atoms with Crippen LogP contribution < -0.4 is 5.32 Å². The molecule has 0 aromatic carbocycles. The topological polar surface area (TPSA) is 42.3 Å². The van der Waals surface area contributed by atoms with Crippen molar-refractivity contribution in [2.75, 3.05) is 39.4 Å². The van der Waals surface area contributed by atoms with Gasteiger partial charge in [0.1, 0.15) is 0 Å². The summed E-state index contributed by atoms with van der Waals surface area (Å²) < 4.78 is 7.52. The third-order valence-electron chi connectivity index (χ3n) is 6.04. The summed E-state index contributed by atoms with van der Waals surface area (Å²) >= 11 is 0. The molecule has 24 heavy (non-hydrogen) atoms. The van der Waals surface area contributed by atoms with E-state index in [0.717, 1.165) is 45.1 Å². The molecule has 5 nitrogen and oxygen atoms in total. The van der Waals surface area contributed by atoms with E-state index in [1.54, 1.807) is 0 Å². The number of hydrogen-bond acceptors (Lipinski definition) is 4. The number of nitrogens with one attached hydrogen (secondary N) is 1. The molecule has 2 heterocycles. The lowest BCUT2D eigenvalue weighted by atomic mass is 9.73. The minimum atomic E-state index is 0.444. The molecule has 1 aliphatic heterocycles. The van der Waals surface area contributed by atoms with E-state index in [9.17, 15) is 0 Å². The SMILES string of the molecule is Cc1nn(C)c(C)c1CNCC1(CN2CCOCC2)CCCCC1. The first kappa shape index (κ1) is 17.9. The van der Waals surface area contributed by atoms with Gasteiger partial charge in [0.25, 0.3) is 0 Å². The summed E-state index contributed by atoms with van der Waals surface area (Å²) in [6.45, 7) is 11.6. The van der Waals surface area contributed by atoms with E-state index in [4.69, 9.17) is 4.74 Å². The van der Waals surface area contributed by atoms with Crippen LogP contribution in [0.1, 0.15) is 49.1 Å². The van der Waals surface area contributed by atoms with Crippen LogP contribution in [0.5, 0.6) is 0 Å². The van der Waals surface area contributed by atoms with Gasteiger partial charge in [-0.2, -0.15) is 5.10 Å². The molecule has 1 aromatic rings. The fourth-order valence-corrected chi connectivity index (χ4v) is 4.45. The van der Waals surface area contributed by atoms with Crippen LogP contribution in [-0.2, 0) is 18.3 Å². The monoisotopic (exact) mass is 334 g/mol. The van der Waals surface area contributed by atoms with Gasteiger partial charge in [-0.05, 0) is 32.1 Å². The maximum atomic E-state index is 5.52. The Morgan fingerprint density at radius 3 is 2.46 bits per heavy atom. The first-order valence-electron chi connectivity index (χ1n) is 9.60. The highest BCUT2D eigenvalue weighted by Crippen LogP contribution is 2.37. The quantitative estimate of drug-likeness (QED) is 0.867. The highest BCUT2D eigenvalue weighted by atomic mass is 16.5. The third kappa shape index (κ3) is 4.19. The van der Waals surface area contributed by atoms with Gasteiger partial charge in [0.2, 0.25) is 0 Å². The summed E-state index contributed by atoms with van der Waals surface area (Å²) in [5.74, 6) is 0. The molecule has 1 saturated heterocycles. The van der Waals surface area contributed by atoms with E-state index in [1.807, 2.05) is 11.7 Å². The van der Waals surface area contributed by atoms with Crippen molar-refractivity contribution in [3.05, 3.63) is 17.0 Å². The average molecular weight is 335 g/mol. The minimum absolute atomic E-state index is 0.444. The molecule has 5 heteroatoms. The Morgan fingerprint density at radius 2 is 1.83 bits per heavy atom. The van der Waals surface area contributed by atoms with Crippen molar-refractivity contribution >= 4 is 0 Å². The van der Waals surface area contributed by atoms with Gasteiger partial charge in [-0.1, -0.05) is 19.3 Å². The maximum absolute atomic E-state index is 5.52. The summed E-state index contributed by atoms with van der Waals surface area (Å²) in [7, 11) is 2.03. The van der Waals surface area contributed by atoms with Crippen LogP contribution in [0.2, 0.25) is 0 Å². The highest BCUT2D eigenvalue weighted by molar-refractivity contribution is 5.24. The van der Waals surface area contributed by atoms with E-state index >= 15 is 0 Å². The molecule has 1 aromatic heterocycles. The van der Waals surface area contributed by atoms with Crippen LogP contribution >= 0.6 is 0 Å². The van der Waals surface area contributed by atoms with Crippen molar-refractivity contribution in [1.29, 1.82) is 0 Å². The molecule has 2 fully saturated rings. The fourth-order valence-electron chi connectivity index (χ4n) is 4.45. The number of aryl methyl sites for hydroxylation is 2. The van der Waals surface area contributed by atoms with Crippen LogP contribution in [0.4, 0.5) is 0 Å². The number of aromatic nitrogens is 2. The first-order valence-corrected chi connectivity index (χ1v) is 9.60. The van der Waals surface area contributed by atoms with Gasteiger partial charge in [0.05, 0.1) is 18.9 Å². The molecule has 136 valence electrons. The summed E-state index contributed by atoms with van der Waals surface area (Å²) in [5.41, 5.74) is 4.26. The molecule has 1 aliphatic carbocycles. The molecule has 0 bridgehead atoms. The Hall–Kier alpha value is -0.910. The van der Waals surface area contributed by atoms with Gasteiger partial charge in [0.15, 0.2) is 0 Å². The van der Waals surface area contributed by atoms with Crippen molar-refractivity contribution < 1.29 is 4.74 Å². The summed E-state index contributed by atoms with van der Waals surface area (Å²) in [4.78, 5) is 2.62. The molecule has 0 atom stereocenters. The average Bonchev–Trinajstić information content (AvgIpc) is 2.83. The van der Waals surface area contributed by atoms with Gasteiger partial charge < -0.3 is 10.1 Å². The standard InChI is InChI=1S/C19H34N4O/c1-16-18(17(2)22(3)21-16)13-20-14-19(7-5-4-6-8-19)15-23-9-11-24-12-10-23/h20H,4-15H2,1-3H3. The Morgan fingerprint density at radius 1 is 1.12 bits per heavy atom. The zero-order chi connectivity index (χ0) is 17.0. The Labute approximate surface area is 146 Å². The lowest BCUT2D eigenvalue weighted by Gasteiger charge is -2.42. The largest absolute Gasteiger partial charge is 0.379 e. The summed E-state index contributed by atoms with van der Waals surface area (Å²) in [5, 5.41) is 8.33. The molecule has 0 spiro atoms. The van der Waals surface area contributed by atoms with Gasteiger partial charge in [-0.25, -0.2) is 0 Å². The summed E-state index contributed by atoms with van der Waals surface area (Å²) in [6.07, 6.45) is 6.91. The minimum Gasteiger partial charge on any atom is -0.379 e. The van der Waals surface area contributed by atoms with Crippen LogP contribution in [0.3, 0.4) is 0 Å². The second-order valence-electron chi connectivity index (χ2n) is 7.83. The number of hydrogen-bond donors (Lipinski definition) is 1. The lowest BCUT2D eigenvalue weighted by Crippen LogP contribution is -2.48. The second-order valence-corrected chi connectivity index (χ2v) is 7.83. The zero-order valence-electron chi connectivity index (χ0n) is 15.7. The molecule has 3 rings (SSSR count). The van der Waals surface area contributed by atoms with E-state index in [1.165, 1.54) is 49.9 Å². The molecule has 1 N–H and O–H groups in total. The third-order valence-corrected chi connectivity index (χ3v) is 6.04. The van der Waals surface area contributed by atoms with Crippen molar-refractivity contribution in [3.8, 4) is 0 Å². The Kier molecular flexibility index (Phi) is 5.95. The maximum Gasteiger partial charge on any atom is 0.0641 e. The van der Waals surface area contributed by atoms with Crippen molar-refractivity contribution in [1.82, 2.24) is 20.0 Å². The van der Waals surface area contributed by atoms with Gasteiger partial charge in [0, 0.05) is 51.0 Å². The van der Waals surface area contributed by atoms with Gasteiger partial charge in [-0.3, -0.25) is 9.58 Å². The molecule has 0 amide bonds. The molecule has 1 saturated carbocycles. The molecular weight excluding hydrogens is 300 g/mol. The van der Waals surface area contributed by atoms with Crippen molar-refractivity contribution in [3.63, 3.8) is 0 Å². The summed E-state index contributed by atoms with van der Waals surface area (Å²) in [6, 6.07) is 0. The van der Waals surface area contributed by atoms with Gasteiger partial charge >= 0.3 is 0 Å². The number of nitrogens with zero attached hydrogens (tertiary/aromatic N) is 3. The first-order chi connectivity index (χ1) is 11.6. The lowest BCUT2D eigenvalue weighted by molar-refractivity contribution is 0.00713. The zero-order valence-corrected chi connectivity index (χ0v) is 15.7.